The van der Waals surface area contributed by atoms with E-state index >= 15 is 0 Å². The fourth-order valence-electron chi connectivity index (χ4n) is 2.75. The van der Waals surface area contributed by atoms with Crippen molar-refractivity contribution in [2.75, 3.05) is 13.2 Å². The van der Waals surface area contributed by atoms with Crippen LogP contribution in [0, 0.1) is 3.57 Å². The first-order valence-corrected chi connectivity index (χ1v) is 13.6. The summed E-state index contributed by atoms with van der Waals surface area (Å²) in [5.41, 5.74) is 0.108. The summed E-state index contributed by atoms with van der Waals surface area (Å²) in [7, 11) is -3.69. The first-order chi connectivity index (χ1) is 14.4. The number of rotatable bonds is 6. The zero-order valence-corrected chi connectivity index (χ0v) is 23.5. The van der Waals surface area contributed by atoms with Crippen LogP contribution >= 0.6 is 46.1 Å². The van der Waals surface area contributed by atoms with Crippen LogP contribution in [0.1, 0.15) is 41.5 Å². The van der Waals surface area contributed by atoms with Crippen LogP contribution in [-0.4, -0.2) is 31.5 Å². The highest BCUT2D eigenvalue weighted by atomic mass is 127. The Morgan fingerprint density at radius 1 is 0.903 bits per heavy atom. The second kappa shape index (κ2) is 11.3. The Hall–Kier alpha value is -0.215. The Morgan fingerprint density at radius 2 is 1.35 bits per heavy atom. The van der Waals surface area contributed by atoms with Gasteiger partial charge in [0.2, 0.25) is 0 Å². The SMILES string of the molecule is Brc1ccc(I)cc1.CCOP(=O)(OCC)c1ccc(B2OC(C)(C)C(C)(C)O2)cc1. The van der Waals surface area contributed by atoms with E-state index in [4.69, 9.17) is 18.4 Å². The summed E-state index contributed by atoms with van der Waals surface area (Å²) in [5.74, 6) is 0. The number of benzene rings is 2. The molecule has 0 radical (unpaired) electrons. The van der Waals surface area contributed by atoms with Gasteiger partial charge in [-0.05, 0) is 106 Å². The molecule has 0 unspecified atom stereocenters. The van der Waals surface area contributed by atoms with Crippen LogP contribution in [0.3, 0.4) is 0 Å². The molecule has 1 aliphatic heterocycles. The average Bonchev–Trinajstić information content (AvgIpc) is 2.92. The second-order valence-electron chi connectivity index (χ2n) is 7.95. The average molecular weight is 623 g/mol. The molecular formula is C22H30BBrIO5P. The van der Waals surface area contributed by atoms with Crippen LogP contribution in [0.5, 0.6) is 0 Å². The molecule has 3 rings (SSSR count). The molecule has 2 aromatic rings. The van der Waals surface area contributed by atoms with Gasteiger partial charge < -0.3 is 18.4 Å². The van der Waals surface area contributed by atoms with Crippen molar-refractivity contribution < 1.29 is 22.9 Å². The summed E-state index contributed by atoms with van der Waals surface area (Å²) in [5, 5.41) is 0.543. The third-order valence-corrected chi connectivity index (χ3v) is 8.51. The zero-order chi connectivity index (χ0) is 23.3. The third-order valence-electron chi connectivity index (χ3n) is 5.14. The molecule has 9 heteroatoms. The van der Waals surface area contributed by atoms with Crippen molar-refractivity contribution in [2.24, 2.45) is 0 Å². The van der Waals surface area contributed by atoms with E-state index in [9.17, 15) is 4.57 Å². The summed E-state index contributed by atoms with van der Waals surface area (Å²) in [4.78, 5) is 0. The molecule has 2 aromatic carbocycles. The van der Waals surface area contributed by atoms with Gasteiger partial charge in [-0.25, -0.2) is 0 Å². The van der Waals surface area contributed by atoms with E-state index in [1.54, 1.807) is 26.0 Å². The quantitative estimate of drug-likeness (QED) is 0.227. The van der Waals surface area contributed by atoms with Crippen molar-refractivity contribution in [1.29, 1.82) is 0 Å². The highest BCUT2D eigenvalue weighted by Crippen LogP contribution is 2.46. The van der Waals surface area contributed by atoms with E-state index in [0.29, 0.717) is 18.5 Å². The van der Waals surface area contributed by atoms with Crippen molar-refractivity contribution in [2.45, 2.75) is 52.7 Å². The molecule has 1 aliphatic rings. The summed E-state index contributed by atoms with van der Waals surface area (Å²) >= 11 is 5.62. The molecule has 0 atom stereocenters. The van der Waals surface area contributed by atoms with E-state index in [-0.39, 0.29) is 11.2 Å². The predicted molar refractivity (Wildman–Crippen MR) is 140 cm³/mol. The van der Waals surface area contributed by atoms with Crippen molar-refractivity contribution in [3.8, 4) is 0 Å². The van der Waals surface area contributed by atoms with Gasteiger partial charge in [0, 0.05) is 8.04 Å². The first-order valence-electron chi connectivity index (χ1n) is 10.2. The molecule has 0 spiro atoms. The summed E-state index contributed by atoms with van der Waals surface area (Å²) in [6.07, 6.45) is 0. The highest BCUT2D eigenvalue weighted by Gasteiger charge is 2.51. The number of hydrogen-bond donors (Lipinski definition) is 0. The monoisotopic (exact) mass is 622 g/mol. The van der Waals surface area contributed by atoms with E-state index in [1.165, 1.54) is 3.57 Å². The van der Waals surface area contributed by atoms with E-state index in [2.05, 4.69) is 50.7 Å². The van der Waals surface area contributed by atoms with Gasteiger partial charge in [-0.15, -0.1) is 0 Å². The minimum atomic E-state index is -3.26. The van der Waals surface area contributed by atoms with Gasteiger partial charge >= 0.3 is 14.7 Å². The Kier molecular flexibility index (Phi) is 9.83. The van der Waals surface area contributed by atoms with Gasteiger partial charge in [-0.2, -0.15) is 0 Å². The molecule has 1 saturated heterocycles. The number of halogens is 2. The molecule has 5 nitrogen and oxygen atoms in total. The summed E-state index contributed by atoms with van der Waals surface area (Å²) < 4.78 is 37.9. The lowest BCUT2D eigenvalue weighted by atomic mass is 9.79. The van der Waals surface area contributed by atoms with Crippen LogP contribution in [0.4, 0.5) is 0 Å². The van der Waals surface area contributed by atoms with Crippen molar-refractivity contribution >= 4 is 64.0 Å². The Labute approximate surface area is 208 Å². The fourth-order valence-corrected chi connectivity index (χ4v) is 4.94. The largest absolute Gasteiger partial charge is 0.494 e. The van der Waals surface area contributed by atoms with Crippen LogP contribution in [0.25, 0.3) is 0 Å². The standard InChI is InChI=1S/C16H26BO5P.C6H4BrI/c1-7-19-23(18,20-8-2)14-11-9-13(10-12-14)17-21-15(3,4)16(5,6)22-17;7-5-1-3-6(8)4-2-5/h9-12H,7-8H2,1-6H3;1-4H. The zero-order valence-electron chi connectivity index (χ0n) is 18.9. The van der Waals surface area contributed by atoms with Gasteiger partial charge in [0.1, 0.15) is 0 Å². The van der Waals surface area contributed by atoms with Crippen LogP contribution in [0.2, 0.25) is 0 Å². The van der Waals surface area contributed by atoms with Crippen LogP contribution < -0.4 is 10.8 Å². The Morgan fingerprint density at radius 3 is 1.74 bits per heavy atom. The maximum atomic E-state index is 12.7. The van der Waals surface area contributed by atoms with E-state index in [1.807, 2.05) is 52.0 Å². The maximum Gasteiger partial charge on any atom is 0.494 e. The molecule has 0 bridgehead atoms. The molecule has 170 valence electrons. The summed E-state index contributed by atoms with van der Waals surface area (Å²) in [6, 6.07) is 15.4. The van der Waals surface area contributed by atoms with Crippen molar-refractivity contribution in [3.05, 3.63) is 56.6 Å². The first kappa shape index (κ1) is 27.0. The fraction of sp³-hybridized carbons (Fsp3) is 0.455. The minimum Gasteiger partial charge on any atom is -0.399 e. The van der Waals surface area contributed by atoms with Crippen LogP contribution in [-0.2, 0) is 22.9 Å². The van der Waals surface area contributed by atoms with Gasteiger partial charge in [0.15, 0.2) is 0 Å². The molecule has 1 heterocycles. The molecule has 0 amide bonds. The van der Waals surface area contributed by atoms with Gasteiger partial charge in [0.25, 0.3) is 0 Å². The lowest BCUT2D eigenvalue weighted by Gasteiger charge is -2.32. The lowest BCUT2D eigenvalue weighted by Crippen LogP contribution is -2.41. The van der Waals surface area contributed by atoms with E-state index < -0.39 is 14.7 Å². The Bertz CT molecular complexity index is 843. The second-order valence-corrected chi connectivity index (χ2v) is 12.1. The maximum absolute atomic E-state index is 12.7. The van der Waals surface area contributed by atoms with Crippen molar-refractivity contribution in [1.82, 2.24) is 0 Å². The summed E-state index contributed by atoms with van der Waals surface area (Å²) in [6.45, 7) is 12.3. The molecule has 0 N–H and O–H groups in total. The van der Waals surface area contributed by atoms with Gasteiger partial charge in [-0.1, -0.05) is 28.1 Å². The topological polar surface area (TPSA) is 54.0 Å². The smallest absolute Gasteiger partial charge is 0.399 e. The molecular weight excluding hydrogens is 593 g/mol. The van der Waals surface area contributed by atoms with E-state index in [0.717, 1.165) is 9.94 Å². The van der Waals surface area contributed by atoms with Crippen LogP contribution in [0.15, 0.2) is 53.0 Å². The minimum absolute atomic E-state index is 0.330. The van der Waals surface area contributed by atoms with Gasteiger partial charge in [0.05, 0.1) is 29.7 Å². The third kappa shape index (κ3) is 7.13. The molecule has 0 aliphatic carbocycles. The highest BCUT2D eigenvalue weighted by molar-refractivity contribution is 14.1. The predicted octanol–water partition coefficient (Wildman–Crippen LogP) is 5.93. The Balaban J connectivity index is 0.000000357. The molecule has 31 heavy (non-hydrogen) atoms. The molecule has 1 fully saturated rings. The van der Waals surface area contributed by atoms with Crippen molar-refractivity contribution in [3.63, 3.8) is 0 Å². The molecule has 0 aromatic heterocycles. The van der Waals surface area contributed by atoms with Gasteiger partial charge in [-0.3, -0.25) is 4.57 Å². The molecule has 0 saturated carbocycles. The number of hydrogen-bond acceptors (Lipinski definition) is 5. The lowest BCUT2D eigenvalue weighted by molar-refractivity contribution is 0.00578. The normalized spacial score (nSPS) is 17.2.